The minimum atomic E-state index is -0.618. The molecule has 3 N–H and O–H groups in total. The Labute approximate surface area is 136 Å². The maximum atomic E-state index is 13.7. The first-order chi connectivity index (χ1) is 11.6. The molecule has 0 unspecified atom stereocenters. The van der Waals surface area contributed by atoms with E-state index in [0.29, 0.717) is 13.0 Å². The van der Waals surface area contributed by atoms with E-state index in [1.165, 1.54) is 17.0 Å². The van der Waals surface area contributed by atoms with Crippen molar-refractivity contribution in [2.24, 2.45) is 5.73 Å². The number of amides is 3. The molecule has 1 aliphatic heterocycles. The molecule has 9 heteroatoms. The van der Waals surface area contributed by atoms with Crippen LogP contribution in [-0.2, 0) is 11.3 Å². The van der Waals surface area contributed by atoms with Crippen LogP contribution in [-0.4, -0.2) is 39.6 Å². The zero-order chi connectivity index (χ0) is 17.1. The molecule has 3 rings (SSSR count). The summed E-state index contributed by atoms with van der Waals surface area (Å²) >= 11 is 0. The fraction of sp³-hybridized carbons (Fsp3) is 0.333. The minimum Gasteiger partial charge on any atom is -0.351 e. The Morgan fingerprint density at radius 1 is 1.42 bits per heavy atom. The molecule has 3 amide bonds. The van der Waals surface area contributed by atoms with Crippen LogP contribution in [0.1, 0.15) is 18.7 Å². The van der Waals surface area contributed by atoms with E-state index in [4.69, 9.17) is 10.3 Å². The molecule has 24 heavy (non-hydrogen) atoms. The van der Waals surface area contributed by atoms with E-state index in [1.54, 1.807) is 12.1 Å². The molecule has 1 aliphatic rings. The van der Waals surface area contributed by atoms with Crippen molar-refractivity contribution in [2.75, 3.05) is 6.54 Å². The first kappa shape index (κ1) is 15.9. The van der Waals surface area contributed by atoms with Crippen molar-refractivity contribution in [1.82, 2.24) is 20.4 Å². The van der Waals surface area contributed by atoms with Crippen molar-refractivity contribution in [1.29, 1.82) is 0 Å². The van der Waals surface area contributed by atoms with Crippen LogP contribution in [0.3, 0.4) is 0 Å². The fourth-order valence-electron chi connectivity index (χ4n) is 2.66. The quantitative estimate of drug-likeness (QED) is 0.867. The largest absolute Gasteiger partial charge is 0.351 e. The number of aromatic nitrogens is 2. The summed E-state index contributed by atoms with van der Waals surface area (Å²) in [5.41, 5.74) is 5.46. The second-order valence-corrected chi connectivity index (χ2v) is 5.40. The Kier molecular flexibility index (Phi) is 4.41. The average molecular weight is 333 g/mol. The predicted octanol–water partition coefficient (Wildman–Crippen LogP) is 1.03. The molecule has 1 aromatic carbocycles. The summed E-state index contributed by atoms with van der Waals surface area (Å²) in [6.07, 6.45) is 1.28. The molecule has 1 saturated heterocycles. The zero-order valence-corrected chi connectivity index (χ0v) is 12.7. The van der Waals surface area contributed by atoms with Crippen LogP contribution in [0.25, 0.3) is 11.4 Å². The fourth-order valence-corrected chi connectivity index (χ4v) is 2.66. The van der Waals surface area contributed by atoms with Gasteiger partial charge in [0.1, 0.15) is 11.9 Å². The van der Waals surface area contributed by atoms with Crippen molar-refractivity contribution in [3.63, 3.8) is 0 Å². The molecular formula is C15H16FN5O3. The summed E-state index contributed by atoms with van der Waals surface area (Å²) in [6, 6.07) is 4.85. The number of nitrogens with two attached hydrogens (primary N) is 1. The van der Waals surface area contributed by atoms with Gasteiger partial charge in [-0.15, -0.1) is 0 Å². The second kappa shape index (κ2) is 6.65. The van der Waals surface area contributed by atoms with Crippen molar-refractivity contribution < 1.29 is 18.5 Å². The van der Waals surface area contributed by atoms with Gasteiger partial charge in [-0.2, -0.15) is 4.98 Å². The number of benzene rings is 1. The number of halogens is 1. The maximum absolute atomic E-state index is 13.7. The van der Waals surface area contributed by atoms with E-state index in [0.717, 1.165) is 6.42 Å². The number of carbonyl (C=O) groups excluding carboxylic acids is 2. The van der Waals surface area contributed by atoms with Crippen molar-refractivity contribution >= 4 is 11.9 Å². The lowest BCUT2D eigenvalue weighted by molar-refractivity contribution is -0.124. The van der Waals surface area contributed by atoms with Crippen LogP contribution in [0.2, 0.25) is 0 Å². The highest BCUT2D eigenvalue weighted by Crippen LogP contribution is 2.19. The number of hydrogen-bond donors (Lipinski definition) is 2. The SMILES string of the molecule is NC(=O)N1CCC[C@H]1C(=O)NCc1nc(-c2ccccc2F)no1. The van der Waals surface area contributed by atoms with Crippen molar-refractivity contribution in [3.05, 3.63) is 36.0 Å². The van der Waals surface area contributed by atoms with Gasteiger partial charge in [-0.25, -0.2) is 9.18 Å². The molecule has 1 atom stereocenters. The summed E-state index contributed by atoms with van der Waals surface area (Å²) in [4.78, 5) is 28.8. The highest BCUT2D eigenvalue weighted by Gasteiger charge is 2.32. The van der Waals surface area contributed by atoms with Crippen LogP contribution in [0.4, 0.5) is 9.18 Å². The number of urea groups is 1. The van der Waals surface area contributed by atoms with Crippen molar-refractivity contribution in [2.45, 2.75) is 25.4 Å². The number of nitrogens with one attached hydrogen (secondary N) is 1. The van der Waals surface area contributed by atoms with Crippen LogP contribution in [0, 0.1) is 5.82 Å². The number of hydrogen-bond acceptors (Lipinski definition) is 5. The van der Waals surface area contributed by atoms with Crippen LogP contribution in [0.5, 0.6) is 0 Å². The molecule has 0 bridgehead atoms. The lowest BCUT2D eigenvalue weighted by Gasteiger charge is -2.21. The highest BCUT2D eigenvalue weighted by atomic mass is 19.1. The molecule has 2 aromatic rings. The zero-order valence-electron chi connectivity index (χ0n) is 12.7. The van der Waals surface area contributed by atoms with Gasteiger partial charge in [0.2, 0.25) is 17.6 Å². The molecule has 1 aromatic heterocycles. The second-order valence-electron chi connectivity index (χ2n) is 5.40. The Balaban J connectivity index is 1.63. The summed E-state index contributed by atoms with van der Waals surface area (Å²) < 4.78 is 18.7. The summed E-state index contributed by atoms with van der Waals surface area (Å²) in [7, 11) is 0. The Bertz CT molecular complexity index is 763. The number of primary amides is 1. The molecule has 0 saturated carbocycles. The van der Waals surface area contributed by atoms with E-state index < -0.39 is 17.9 Å². The molecule has 0 radical (unpaired) electrons. The van der Waals surface area contributed by atoms with Crippen LogP contribution >= 0.6 is 0 Å². The van der Waals surface area contributed by atoms with Gasteiger partial charge in [0.25, 0.3) is 0 Å². The number of carbonyl (C=O) groups is 2. The smallest absolute Gasteiger partial charge is 0.315 e. The van der Waals surface area contributed by atoms with E-state index >= 15 is 0 Å². The molecule has 2 heterocycles. The third-order valence-corrected chi connectivity index (χ3v) is 3.84. The molecule has 8 nitrogen and oxygen atoms in total. The molecule has 0 aliphatic carbocycles. The summed E-state index contributed by atoms with van der Waals surface area (Å²) in [5.74, 6) is -0.545. The van der Waals surface area contributed by atoms with Gasteiger partial charge in [0.15, 0.2) is 0 Å². The molecule has 126 valence electrons. The van der Waals surface area contributed by atoms with Gasteiger partial charge < -0.3 is 20.5 Å². The highest BCUT2D eigenvalue weighted by molar-refractivity contribution is 5.87. The lowest BCUT2D eigenvalue weighted by Crippen LogP contribution is -2.47. The predicted molar refractivity (Wildman–Crippen MR) is 80.9 cm³/mol. The average Bonchev–Trinajstić information content (AvgIpc) is 3.22. The lowest BCUT2D eigenvalue weighted by atomic mass is 10.2. The van der Waals surface area contributed by atoms with E-state index in [-0.39, 0.29) is 29.7 Å². The van der Waals surface area contributed by atoms with Gasteiger partial charge in [-0.05, 0) is 25.0 Å². The normalized spacial score (nSPS) is 17.0. The third kappa shape index (κ3) is 3.19. The number of rotatable bonds is 4. The van der Waals surface area contributed by atoms with E-state index in [1.807, 2.05) is 0 Å². The van der Waals surface area contributed by atoms with Gasteiger partial charge in [-0.1, -0.05) is 17.3 Å². The maximum Gasteiger partial charge on any atom is 0.315 e. The molecule has 0 spiro atoms. The number of likely N-dealkylation sites (tertiary alicyclic amines) is 1. The number of nitrogens with zero attached hydrogens (tertiary/aromatic N) is 3. The van der Waals surface area contributed by atoms with Gasteiger partial charge in [0, 0.05) is 6.54 Å². The Morgan fingerprint density at radius 2 is 2.21 bits per heavy atom. The topological polar surface area (TPSA) is 114 Å². The van der Waals surface area contributed by atoms with Gasteiger partial charge >= 0.3 is 6.03 Å². The first-order valence-corrected chi connectivity index (χ1v) is 7.47. The van der Waals surface area contributed by atoms with Crippen molar-refractivity contribution in [3.8, 4) is 11.4 Å². The first-order valence-electron chi connectivity index (χ1n) is 7.47. The summed E-state index contributed by atoms with van der Waals surface area (Å²) in [6.45, 7) is 0.453. The van der Waals surface area contributed by atoms with Crippen LogP contribution in [0.15, 0.2) is 28.8 Å². The van der Waals surface area contributed by atoms with Crippen LogP contribution < -0.4 is 11.1 Å². The third-order valence-electron chi connectivity index (χ3n) is 3.84. The monoisotopic (exact) mass is 333 g/mol. The Morgan fingerprint density at radius 3 is 2.96 bits per heavy atom. The van der Waals surface area contributed by atoms with Gasteiger partial charge in [0.05, 0.1) is 12.1 Å². The minimum absolute atomic E-state index is 0.0105. The molecule has 1 fully saturated rings. The Hall–Kier alpha value is -2.97. The van der Waals surface area contributed by atoms with Gasteiger partial charge in [-0.3, -0.25) is 4.79 Å². The van der Waals surface area contributed by atoms with E-state index in [2.05, 4.69) is 15.5 Å². The summed E-state index contributed by atoms with van der Waals surface area (Å²) in [5, 5.41) is 6.33. The standard InChI is InChI=1S/C15H16FN5O3/c16-10-5-2-1-4-9(10)13-19-12(24-20-13)8-18-14(22)11-6-3-7-21(11)15(17)23/h1-2,4-5,11H,3,6-8H2,(H2,17,23)(H,18,22)/t11-/m0/s1. The molecular weight excluding hydrogens is 317 g/mol. The van der Waals surface area contributed by atoms with E-state index in [9.17, 15) is 14.0 Å².